The minimum Gasteiger partial charge on any atom is -0.370 e. The number of nitrogens with zero attached hydrogens (tertiary/aromatic N) is 3. The Morgan fingerprint density at radius 3 is 2.71 bits per heavy atom. The van der Waals surface area contributed by atoms with Crippen LogP contribution < -0.4 is 5.32 Å². The van der Waals surface area contributed by atoms with Gasteiger partial charge in [0.1, 0.15) is 17.0 Å². The molecule has 160 valence electrons. The van der Waals surface area contributed by atoms with Crippen LogP contribution in [0.4, 0.5) is 5.82 Å². The Bertz CT molecular complexity index is 1250. The monoisotopic (exact) mass is 432 g/mol. The third-order valence-electron chi connectivity index (χ3n) is 5.89. The van der Waals surface area contributed by atoms with Crippen molar-refractivity contribution in [2.75, 3.05) is 11.9 Å². The van der Waals surface area contributed by atoms with Gasteiger partial charge in [-0.1, -0.05) is 44.2 Å². The van der Waals surface area contributed by atoms with Gasteiger partial charge in [-0.05, 0) is 31.7 Å². The summed E-state index contributed by atoms with van der Waals surface area (Å²) in [6.45, 7) is 10.3. The van der Waals surface area contributed by atoms with Crippen LogP contribution in [-0.2, 0) is 17.8 Å². The van der Waals surface area contributed by atoms with E-state index in [1.807, 2.05) is 6.07 Å². The van der Waals surface area contributed by atoms with Gasteiger partial charge in [0.05, 0.1) is 28.1 Å². The molecule has 1 aliphatic heterocycles. The van der Waals surface area contributed by atoms with Crippen LogP contribution in [0.2, 0.25) is 0 Å². The summed E-state index contributed by atoms with van der Waals surface area (Å²) in [5, 5.41) is 4.70. The number of pyridine rings is 1. The predicted octanol–water partition coefficient (Wildman–Crippen LogP) is 6.22. The first kappa shape index (κ1) is 20.3. The maximum absolute atomic E-state index is 6.21. The molecular weight excluding hydrogens is 404 g/mol. The first-order valence-corrected chi connectivity index (χ1v) is 11.8. The lowest BCUT2D eigenvalue weighted by atomic mass is 9.88. The quantitative estimate of drug-likeness (QED) is 0.406. The molecule has 4 heterocycles. The second-order valence-corrected chi connectivity index (χ2v) is 10.3. The lowest BCUT2D eigenvalue weighted by Crippen LogP contribution is -2.32. The molecule has 1 N–H and O–H groups in total. The molecule has 5 nitrogen and oxygen atoms in total. The zero-order valence-electron chi connectivity index (χ0n) is 18.5. The number of hydrogen-bond acceptors (Lipinski definition) is 6. The topological polar surface area (TPSA) is 59.9 Å². The Morgan fingerprint density at radius 1 is 1.13 bits per heavy atom. The molecule has 3 aromatic heterocycles. The van der Waals surface area contributed by atoms with Gasteiger partial charge in [-0.3, -0.25) is 0 Å². The van der Waals surface area contributed by atoms with Crippen LogP contribution in [0.5, 0.6) is 0 Å². The average Bonchev–Trinajstić information content (AvgIpc) is 3.12. The van der Waals surface area contributed by atoms with E-state index in [9.17, 15) is 0 Å². The molecule has 0 bridgehead atoms. The summed E-state index contributed by atoms with van der Waals surface area (Å²) < 4.78 is 7.30. The van der Waals surface area contributed by atoms with Crippen molar-refractivity contribution in [3.63, 3.8) is 0 Å². The maximum atomic E-state index is 6.21. The molecule has 31 heavy (non-hydrogen) atoms. The zero-order chi connectivity index (χ0) is 21.6. The van der Waals surface area contributed by atoms with E-state index < -0.39 is 0 Å². The molecule has 0 fully saturated rings. The standard InChI is InChI=1S/C25H28N4OS/c1-15(2)10-11-26-23-22-21(27-14-28-23)19-17-12-25(3,4)30-13-18(17)20(29-24(19)31-22)16-8-6-5-7-9-16/h5-9,14-15H,10-13H2,1-4H3,(H,26,27,28). The summed E-state index contributed by atoms with van der Waals surface area (Å²) in [7, 11) is 0. The largest absolute Gasteiger partial charge is 0.370 e. The first-order chi connectivity index (χ1) is 14.9. The van der Waals surface area contributed by atoms with Crippen LogP contribution >= 0.6 is 11.3 Å². The van der Waals surface area contributed by atoms with Crippen molar-refractivity contribution in [2.24, 2.45) is 5.92 Å². The minimum atomic E-state index is -0.213. The van der Waals surface area contributed by atoms with Crippen LogP contribution in [-0.4, -0.2) is 27.1 Å². The molecule has 1 aliphatic rings. The molecule has 4 aromatic rings. The van der Waals surface area contributed by atoms with E-state index in [1.54, 1.807) is 17.7 Å². The summed E-state index contributed by atoms with van der Waals surface area (Å²) >= 11 is 1.69. The number of benzene rings is 1. The molecule has 0 saturated heterocycles. The lowest BCUT2D eigenvalue weighted by Gasteiger charge is -2.33. The van der Waals surface area contributed by atoms with Crippen molar-refractivity contribution in [3.05, 3.63) is 47.8 Å². The van der Waals surface area contributed by atoms with Crippen LogP contribution in [0.3, 0.4) is 0 Å². The van der Waals surface area contributed by atoms with Crippen molar-refractivity contribution in [1.29, 1.82) is 0 Å². The summed E-state index contributed by atoms with van der Waals surface area (Å²) in [5.74, 6) is 1.56. The van der Waals surface area contributed by atoms with Crippen LogP contribution in [0.15, 0.2) is 36.7 Å². The van der Waals surface area contributed by atoms with E-state index in [1.165, 1.54) is 16.5 Å². The Balaban J connectivity index is 1.73. The highest BCUT2D eigenvalue weighted by Crippen LogP contribution is 2.43. The van der Waals surface area contributed by atoms with E-state index in [2.05, 4.69) is 62.3 Å². The number of hydrogen-bond donors (Lipinski definition) is 1. The van der Waals surface area contributed by atoms with Crippen LogP contribution in [0.25, 0.3) is 31.7 Å². The van der Waals surface area contributed by atoms with Crippen molar-refractivity contribution in [3.8, 4) is 11.3 Å². The van der Waals surface area contributed by atoms with Gasteiger partial charge in [0, 0.05) is 29.5 Å². The second kappa shape index (κ2) is 7.84. The fraction of sp³-hybridized carbons (Fsp3) is 0.400. The number of aromatic nitrogens is 3. The van der Waals surface area contributed by atoms with Gasteiger partial charge in [0.15, 0.2) is 0 Å². The van der Waals surface area contributed by atoms with E-state index in [-0.39, 0.29) is 5.60 Å². The minimum absolute atomic E-state index is 0.213. The number of rotatable bonds is 5. The van der Waals surface area contributed by atoms with Gasteiger partial charge >= 0.3 is 0 Å². The Hall–Kier alpha value is -2.57. The molecule has 0 radical (unpaired) electrons. The Labute approximate surface area is 186 Å². The van der Waals surface area contributed by atoms with E-state index in [0.29, 0.717) is 12.5 Å². The molecule has 0 spiro atoms. The number of fused-ring (bicyclic) bond motifs is 5. The summed E-state index contributed by atoms with van der Waals surface area (Å²) in [5.41, 5.74) is 5.44. The smallest absolute Gasteiger partial charge is 0.147 e. The van der Waals surface area contributed by atoms with Crippen molar-refractivity contribution < 1.29 is 4.74 Å². The number of anilines is 1. The maximum Gasteiger partial charge on any atom is 0.147 e. The third kappa shape index (κ3) is 3.79. The van der Waals surface area contributed by atoms with Gasteiger partial charge < -0.3 is 10.1 Å². The SMILES string of the molecule is CC(C)CCNc1ncnc2c1sc1nc(-c3ccccc3)c3c(c12)CC(C)(C)OC3. The fourth-order valence-corrected chi connectivity index (χ4v) is 5.37. The molecule has 6 heteroatoms. The molecule has 0 unspecified atom stereocenters. The highest BCUT2D eigenvalue weighted by molar-refractivity contribution is 7.26. The molecule has 0 atom stereocenters. The van der Waals surface area contributed by atoms with E-state index >= 15 is 0 Å². The highest BCUT2D eigenvalue weighted by atomic mass is 32.1. The fourth-order valence-electron chi connectivity index (χ4n) is 4.25. The average molecular weight is 433 g/mol. The number of ether oxygens (including phenoxy) is 1. The van der Waals surface area contributed by atoms with Gasteiger partial charge in [0.25, 0.3) is 0 Å². The third-order valence-corrected chi connectivity index (χ3v) is 6.97. The molecular formula is C25H28N4OS. The van der Waals surface area contributed by atoms with Gasteiger partial charge in [-0.25, -0.2) is 15.0 Å². The molecule has 0 amide bonds. The van der Waals surface area contributed by atoms with Crippen LogP contribution in [0.1, 0.15) is 45.2 Å². The van der Waals surface area contributed by atoms with Crippen molar-refractivity contribution in [1.82, 2.24) is 15.0 Å². The first-order valence-electron chi connectivity index (χ1n) is 10.9. The zero-order valence-corrected chi connectivity index (χ0v) is 19.3. The van der Waals surface area contributed by atoms with Crippen LogP contribution in [0, 0.1) is 5.92 Å². The van der Waals surface area contributed by atoms with Gasteiger partial charge in [0.2, 0.25) is 0 Å². The summed E-state index contributed by atoms with van der Waals surface area (Å²) in [6.07, 6.45) is 3.62. The Morgan fingerprint density at radius 2 is 1.94 bits per heavy atom. The van der Waals surface area contributed by atoms with Crippen molar-refractivity contribution >= 4 is 37.6 Å². The van der Waals surface area contributed by atoms with Gasteiger partial charge in [-0.15, -0.1) is 11.3 Å². The number of thiophene rings is 1. The highest BCUT2D eigenvalue weighted by Gasteiger charge is 2.32. The normalized spacial score (nSPS) is 15.5. The predicted molar refractivity (Wildman–Crippen MR) is 129 cm³/mol. The Kier molecular flexibility index (Phi) is 5.15. The molecule has 5 rings (SSSR count). The van der Waals surface area contributed by atoms with Crippen molar-refractivity contribution in [2.45, 2.75) is 52.7 Å². The second-order valence-electron chi connectivity index (χ2n) is 9.30. The summed E-state index contributed by atoms with van der Waals surface area (Å²) in [6, 6.07) is 10.4. The van der Waals surface area contributed by atoms with E-state index in [4.69, 9.17) is 14.7 Å². The lowest BCUT2D eigenvalue weighted by molar-refractivity contribution is -0.0394. The molecule has 1 aromatic carbocycles. The summed E-state index contributed by atoms with van der Waals surface area (Å²) in [4.78, 5) is 15.4. The van der Waals surface area contributed by atoms with E-state index in [0.717, 1.165) is 51.5 Å². The molecule has 0 aliphatic carbocycles. The van der Waals surface area contributed by atoms with Gasteiger partial charge in [-0.2, -0.15) is 0 Å². The molecule has 0 saturated carbocycles. The number of nitrogens with one attached hydrogen (secondary N) is 1.